The Hall–Kier alpha value is 1.30. The van der Waals surface area contributed by atoms with Gasteiger partial charge in [-0.3, -0.25) is 0 Å². The van der Waals surface area contributed by atoms with Gasteiger partial charge in [-0.05, 0) is 11.5 Å². The van der Waals surface area contributed by atoms with E-state index in [9.17, 15) is 0 Å². The van der Waals surface area contributed by atoms with Crippen molar-refractivity contribution in [2.24, 2.45) is 0 Å². The third-order valence-corrected chi connectivity index (χ3v) is 2.68. The minimum absolute atomic E-state index is 0. The zero-order valence-electron chi connectivity index (χ0n) is 3.81. The molecule has 0 aromatic heterocycles. The Balaban J connectivity index is 0.000000250. The fourth-order valence-corrected chi connectivity index (χ4v) is 2.17. The first-order valence-electron chi connectivity index (χ1n) is 1.55. The van der Waals surface area contributed by atoms with Crippen molar-refractivity contribution in [2.45, 2.75) is 0 Å². The summed E-state index contributed by atoms with van der Waals surface area (Å²) in [5.74, 6) is 2.65. The van der Waals surface area contributed by atoms with Crippen molar-refractivity contribution in [2.75, 3.05) is 11.5 Å². The summed E-state index contributed by atoms with van der Waals surface area (Å²) < 4.78 is 0. The molecule has 0 N–H and O–H groups in total. The summed E-state index contributed by atoms with van der Waals surface area (Å²) in [4.78, 5) is 0. The summed E-state index contributed by atoms with van der Waals surface area (Å²) in [6.45, 7) is 0. The predicted molar refractivity (Wildman–Crippen MR) is 29.2 cm³/mol. The molecule has 0 aliphatic carbocycles. The largest absolute Gasteiger partial charge is 1.00 e. The fraction of sp³-hybridized carbons (Fsp3) is 0.667. The zero-order chi connectivity index (χ0) is 3.54. The maximum atomic E-state index is 2.19. The average molecular weight is 112 g/mol. The molecule has 3 heteroatoms. The van der Waals surface area contributed by atoms with Crippen LogP contribution in [-0.2, 0) is 0 Å². The zero-order valence-corrected chi connectivity index (χ0v) is 5.44. The van der Waals surface area contributed by atoms with Gasteiger partial charge in [0.1, 0.15) is 0 Å². The van der Waals surface area contributed by atoms with Gasteiger partial charge in [-0.25, -0.2) is 5.08 Å². The van der Waals surface area contributed by atoms with E-state index in [1.165, 1.54) is 11.5 Å². The SMILES string of the molecule is [CH-]1SCCS1.[Li+]. The molecule has 6 heavy (non-hydrogen) atoms. The molecule has 0 bridgehead atoms. The third kappa shape index (κ3) is 2.47. The van der Waals surface area contributed by atoms with Gasteiger partial charge in [0.05, 0.1) is 0 Å². The molecule has 0 nitrogen and oxygen atoms in total. The number of hydrogen-bond acceptors (Lipinski definition) is 2. The molecule has 1 aliphatic rings. The second-order valence-corrected chi connectivity index (χ2v) is 3.09. The predicted octanol–water partition coefficient (Wildman–Crippen LogP) is -1.41. The maximum absolute atomic E-state index is 2.19. The van der Waals surface area contributed by atoms with Gasteiger partial charge in [-0.2, -0.15) is 0 Å². The van der Waals surface area contributed by atoms with Crippen LogP contribution in [0.4, 0.5) is 0 Å². The standard InChI is InChI=1S/C3H5S2.Li/c1-2-5-3-4-1;/h3H,1-2H2;/q-1;+1. The Kier molecular flexibility index (Phi) is 5.42. The summed E-state index contributed by atoms with van der Waals surface area (Å²) in [7, 11) is 0. The Morgan fingerprint density at radius 1 is 1.17 bits per heavy atom. The van der Waals surface area contributed by atoms with Crippen LogP contribution in [0.2, 0.25) is 0 Å². The van der Waals surface area contributed by atoms with Crippen molar-refractivity contribution in [3.05, 3.63) is 5.08 Å². The van der Waals surface area contributed by atoms with Crippen molar-refractivity contribution in [1.82, 2.24) is 0 Å². The van der Waals surface area contributed by atoms with Crippen molar-refractivity contribution >= 4 is 23.5 Å². The van der Waals surface area contributed by atoms with Crippen LogP contribution in [-0.4, -0.2) is 11.5 Å². The molecule has 0 unspecified atom stereocenters. The van der Waals surface area contributed by atoms with Crippen LogP contribution < -0.4 is 18.9 Å². The van der Waals surface area contributed by atoms with Gasteiger partial charge in [-0.1, -0.05) is 0 Å². The number of thioether (sulfide) groups is 2. The van der Waals surface area contributed by atoms with Gasteiger partial charge in [0, 0.05) is 0 Å². The molecule has 0 aromatic rings. The average Bonchev–Trinajstić information content (AvgIpc) is 1.76. The van der Waals surface area contributed by atoms with E-state index in [-0.39, 0.29) is 18.9 Å². The van der Waals surface area contributed by atoms with Crippen LogP contribution >= 0.6 is 23.5 Å². The smallest absolute Gasteiger partial charge is 0.340 e. The van der Waals surface area contributed by atoms with Gasteiger partial charge in [0.2, 0.25) is 0 Å². The Bertz CT molecular complexity index is 20.4. The summed E-state index contributed by atoms with van der Waals surface area (Å²) >= 11 is 3.82. The first kappa shape index (κ1) is 7.30. The first-order valence-corrected chi connectivity index (χ1v) is 3.65. The van der Waals surface area contributed by atoms with Crippen molar-refractivity contribution in [1.29, 1.82) is 0 Å². The van der Waals surface area contributed by atoms with E-state index >= 15 is 0 Å². The molecule has 1 aliphatic heterocycles. The molecule has 0 amide bonds. The molecule has 1 heterocycles. The van der Waals surface area contributed by atoms with E-state index < -0.39 is 0 Å². The molecule has 30 valence electrons. The van der Waals surface area contributed by atoms with Crippen LogP contribution in [0.25, 0.3) is 0 Å². The third-order valence-electron chi connectivity index (χ3n) is 0.455. The second-order valence-electron chi connectivity index (χ2n) is 0.838. The summed E-state index contributed by atoms with van der Waals surface area (Å²) in [5, 5.41) is 2.19. The molecule has 0 radical (unpaired) electrons. The molecule has 1 saturated heterocycles. The van der Waals surface area contributed by atoms with E-state index in [0.717, 1.165) is 0 Å². The molecule has 0 spiro atoms. The van der Waals surface area contributed by atoms with Crippen LogP contribution in [0.15, 0.2) is 0 Å². The molecule has 1 fully saturated rings. The molecule has 0 atom stereocenters. The second kappa shape index (κ2) is 4.46. The van der Waals surface area contributed by atoms with Gasteiger partial charge in [0.15, 0.2) is 0 Å². The Morgan fingerprint density at radius 3 is 1.83 bits per heavy atom. The Morgan fingerprint density at radius 2 is 1.67 bits per heavy atom. The van der Waals surface area contributed by atoms with Crippen LogP contribution in [0.1, 0.15) is 0 Å². The van der Waals surface area contributed by atoms with Gasteiger partial charge in [-0.15, -0.1) is 0 Å². The van der Waals surface area contributed by atoms with E-state index in [4.69, 9.17) is 0 Å². The van der Waals surface area contributed by atoms with Gasteiger partial charge < -0.3 is 23.5 Å². The van der Waals surface area contributed by atoms with E-state index in [1.807, 2.05) is 23.5 Å². The minimum Gasteiger partial charge on any atom is -0.340 e. The van der Waals surface area contributed by atoms with Gasteiger partial charge >= 0.3 is 18.9 Å². The monoisotopic (exact) mass is 112 g/mol. The van der Waals surface area contributed by atoms with Gasteiger partial charge in [0.25, 0.3) is 0 Å². The number of hydrogen-bond donors (Lipinski definition) is 0. The topological polar surface area (TPSA) is 0 Å². The fourth-order valence-electron chi connectivity index (χ4n) is 0.241. The van der Waals surface area contributed by atoms with Crippen molar-refractivity contribution in [3.8, 4) is 0 Å². The summed E-state index contributed by atoms with van der Waals surface area (Å²) in [6.07, 6.45) is 0. The van der Waals surface area contributed by atoms with Crippen molar-refractivity contribution < 1.29 is 18.9 Å². The first-order chi connectivity index (χ1) is 2.50. The van der Waals surface area contributed by atoms with E-state index in [0.29, 0.717) is 0 Å². The summed E-state index contributed by atoms with van der Waals surface area (Å²) in [6, 6.07) is 0. The number of rotatable bonds is 0. The van der Waals surface area contributed by atoms with Crippen molar-refractivity contribution in [3.63, 3.8) is 0 Å². The Labute approximate surface area is 59.0 Å². The van der Waals surface area contributed by atoms with Crippen LogP contribution in [0, 0.1) is 5.08 Å². The molecular weight excluding hydrogens is 107 g/mol. The summed E-state index contributed by atoms with van der Waals surface area (Å²) in [5.41, 5.74) is 0. The quantitative estimate of drug-likeness (QED) is 0.279. The molecule has 0 saturated carbocycles. The molecule has 1 rings (SSSR count). The molecule has 0 aromatic carbocycles. The normalized spacial score (nSPS) is 20.0. The molecular formula is C3H5LiS2. The van der Waals surface area contributed by atoms with E-state index in [1.54, 1.807) is 0 Å². The maximum Gasteiger partial charge on any atom is 1.00 e. The van der Waals surface area contributed by atoms with Crippen LogP contribution in [0.3, 0.4) is 0 Å². The van der Waals surface area contributed by atoms with Crippen LogP contribution in [0.5, 0.6) is 0 Å². The van der Waals surface area contributed by atoms with E-state index in [2.05, 4.69) is 5.08 Å². The minimum atomic E-state index is 0.